The van der Waals surface area contributed by atoms with Crippen LogP contribution in [0.15, 0.2) is 59.2 Å². The van der Waals surface area contributed by atoms with Crippen LogP contribution < -0.4 is 0 Å². The molecule has 1 aliphatic rings. The molecule has 0 radical (unpaired) electrons. The van der Waals surface area contributed by atoms with Crippen molar-refractivity contribution in [3.05, 3.63) is 60.5 Å². The van der Waals surface area contributed by atoms with Crippen LogP contribution in [0.1, 0.15) is 18.5 Å². The first-order chi connectivity index (χ1) is 13.3. The van der Waals surface area contributed by atoms with E-state index in [1.807, 2.05) is 18.2 Å². The van der Waals surface area contributed by atoms with Gasteiger partial charge in [-0.3, -0.25) is 4.90 Å². The smallest absolute Gasteiger partial charge is 0.226 e. The highest BCUT2D eigenvalue weighted by atomic mass is 16.3. The molecule has 0 atom stereocenters. The summed E-state index contributed by atoms with van der Waals surface area (Å²) >= 11 is 0. The van der Waals surface area contributed by atoms with Gasteiger partial charge in [-0.05, 0) is 50.2 Å². The van der Waals surface area contributed by atoms with Crippen molar-refractivity contribution in [2.75, 3.05) is 13.1 Å². The zero-order valence-electron chi connectivity index (χ0n) is 15.4. The molecule has 136 valence electrons. The minimum atomic E-state index is 0.681. The van der Waals surface area contributed by atoms with Crippen LogP contribution >= 0.6 is 0 Å². The Bertz CT molecular complexity index is 1070. The number of fused-ring (bicyclic) bond motifs is 1. The summed E-state index contributed by atoms with van der Waals surface area (Å²) in [5, 5.41) is 0. The van der Waals surface area contributed by atoms with Crippen LogP contribution in [0.2, 0.25) is 0 Å². The predicted octanol–water partition coefficient (Wildman–Crippen LogP) is 4.49. The SMILES string of the molecule is Cn1c(-c2ccc(-c3nc(CN4CCCC4)co3)cc2)nc2ccccc21. The van der Waals surface area contributed by atoms with Crippen LogP contribution in [0.4, 0.5) is 0 Å². The maximum atomic E-state index is 5.72. The minimum absolute atomic E-state index is 0.681. The van der Waals surface area contributed by atoms with Crippen molar-refractivity contribution in [1.29, 1.82) is 0 Å². The van der Waals surface area contributed by atoms with E-state index in [-0.39, 0.29) is 0 Å². The quantitative estimate of drug-likeness (QED) is 0.539. The number of hydrogen-bond donors (Lipinski definition) is 0. The number of rotatable bonds is 4. The molecule has 1 saturated heterocycles. The molecule has 3 heterocycles. The van der Waals surface area contributed by atoms with Crippen molar-refractivity contribution < 1.29 is 4.42 Å². The van der Waals surface area contributed by atoms with Crippen LogP contribution in [0, 0.1) is 0 Å². The van der Waals surface area contributed by atoms with E-state index in [9.17, 15) is 0 Å². The second kappa shape index (κ2) is 6.67. The van der Waals surface area contributed by atoms with Gasteiger partial charge in [-0.2, -0.15) is 0 Å². The van der Waals surface area contributed by atoms with Gasteiger partial charge in [-0.1, -0.05) is 24.3 Å². The van der Waals surface area contributed by atoms with Crippen molar-refractivity contribution in [2.45, 2.75) is 19.4 Å². The first kappa shape index (κ1) is 16.3. The van der Waals surface area contributed by atoms with Crippen molar-refractivity contribution in [3.8, 4) is 22.8 Å². The van der Waals surface area contributed by atoms with E-state index in [1.54, 1.807) is 6.26 Å². The lowest BCUT2D eigenvalue weighted by Crippen LogP contribution is -2.18. The molecule has 1 fully saturated rings. The molecule has 2 aromatic heterocycles. The maximum Gasteiger partial charge on any atom is 0.226 e. The van der Waals surface area contributed by atoms with Gasteiger partial charge in [0.25, 0.3) is 0 Å². The summed E-state index contributed by atoms with van der Waals surface area (Å²) in [4.78, 5) is 11.9. The van der Waals surface area contributed by atoms with Gasteiger partial charge in [0.15, 0.2) is 0 Å². The Labute approximate surface area is 158 Å². The number of nitrogens with zero attached hydrogens (tertiary/aromatic N) is 4. The summed E-state index contributed by atoms with van der Waals surface area (Å²) < 4.78 is 7.85. The van der Waals surface area contributed by atoms with Gasteiger partial charge in [0.1, 0.15) is 12.1 Å². The summed E-state index contributed by atoms with van der Waals surface area (Å²) in [5.74, 6) is 1.64. The molecule has 5 rings (SSSR count). The lowest BCUT2D eigenvalue weighted by atomic mass is 10.1. The molecule has 0 aliphatic carbocycles. The Morgan fingerprint density at radius 1 is 0.926 bits per heavy atom. The molecule has 0 spiro atoms. The van der Waals surface area contributed by atoms with Gasteiger partial charge in [-0.25, -0.2) is 9.97 Å². The highest BCUT2D eigenvalue weighted by molar-refractivity contribution is 5.80. The standard InChI is InChI=1S/C22H22N4O/c1-25-20-7-3-2-6-19(20)24-21(25)16-8-10-17(11-9-16)22-23-18(15-27-22)14-26-12-4-5-13-26/h2-3,6-11,15H,4-5,12-14H2,1H3. The second-order valence-corrected chi connectivity index (χ2v) is 7.19. The number of benzene rings is 2. The first-order valence-electron chi connectivity index (χ1n) is 9.47. The van der Waals surface area contributed by atoms with Crippen LogP contribution in [-0.2, 0) is 13.6 Å². The minimum Gasteiger partial charge on any atom is -0.444 e. The molecule has 0 saturated carbocycles. The van der Waals surface area contributed by atoms with E-state index < -0.39 is 0 Å². The number of para-hydroxylation sites is 2. The van der Waals surface area contributed by atoms with E-state index in [1.165, 1.54) is 12.8 Å². The molecule has 1 aliphatic heterocycles. The molecule has 0 bridgehead atoms. The normalized spacial score (nSPS) is 15.0. The lowest BCUT2D eigenvalue weighted by molar-refractivity contribution is 0.327. The average Bonchev–Trinajstić information content (AvgIpc) is 3.44. The Balaban J connectivity index is 1.40. The summed E-state index contributed by atoms with van der Waals surface area (Å²) in [6, 6.07) is 16.5. The zero-order valence-corrected chi connectivity index (χ0v) is 15.4. The molecule has 2 aromatic carbocycles. The fraction of sp³-hybridized carbons (Fsp3) is 0.273. The van der Waals surface area contributed by atoms with Crippen LogP contribution in [0.5, 0.6) is 0 Å². The van der Waals surface area contributed by atoms with Gasteiger partial charge in [-0.15, -0.1) is 0 Å². The highest BCUT2D eigenvalue weighted by Crippen LogP contribution is 2.27. The number of imidazole rings is 1. The third kappa shape index (κ3) is 3.04. The van der Waals surface area contributed by atoms with Crippen molar-refractivity contribution in [2.24, 2.45) is 7.05 Å². The number of aryl methyl sites for hydroxylation is 1. The van der Waals surface area contributed by atoms with Crippen molar-refractivity contribution in [3.63, 3.8) is 0 Å². The third-order valence-corrected chi connectivity index (χ3v) is 5.31. The maximum absolute atomic E-state index is 5.72. The topological polar surface area (TPSA) is 47.1 Å². The van der Waals surface area contributed by atoms with Gasteiger partial charge in [0.05, 0.1) is 16.7 Å². The number of oxazole rings is 1. The van der Waals surface area contributed by atoms with E-state index in [0.717, 1.165) is 53.3 Å². The third-order valence-electron chi connectivity index (χ3n) is 5.31. The molecule has 5 heteroatoms. The molecule has 27 heavy (non-hydrogen) atoms. The predicted molar refractivity (Wildman–Crippen MR) is 106 cm³/mol. The molecular formula is C22H22N4O. The lowest BCUT2D eigenvalue weighted by Gasteiger charge is -2.11. The van der Waals surface area contributed by atoms with Crippen LogP contribution in [-0.4, -0.2) is 32.5 Å². The number of likely N-dealkylation sites (tertiary alicyclic amines) is 1. The summed E-state index contributed by atoms with van der Waals surface area (Å²) in [5.41, 5.74) is 5.23. The Morgan fingerprint density at radius 3 is 2.44 bits per heavy atom. The number of hydrogen-bond acceptors (Lipinski definition) is 4. The van der Waals surface area contributed by atoms with E-state index in [4.69, 9.17) is 9.40 Å². The van der Waals surface area contributed by atoms with Crippen molar-refractivity contribution >= 4 is 11.0 Å². The van der Waals surface area contributed by atoms with E-state index >= 15 is 0 Å². The van der Waals surface area contributed by atoms with Crippen molar-refractivity contribution in [1.82, 2.24) is 19.4 Å². The van der Waals surface area contributed by atoms with Gasteiger partial charge in [0, 0.05) is 24.7 Å². The fourth-order valence-corrected chi connectivity index (χ4v) is 3.85. The Morgan fingerprint density at radius 2 is 1.67 bits per heavy atom. The Kier molecular flexibility index (Phi) is 4.02. The molecule has 0 amide bonds. The van der Waals surface area contributed by atoms with Crippen LogP contribution in [0.3, 0.4) is 0 Å². The van der Waals surface area contributed by atoms with Gasteiger partial charge < -0.3 is 8.98 Å². The first-order valence-corrected chi connectivity index (χ1v) is 9.47. The largest absolute Gasteiger partial charge is 0.444 e. The average molecular weight is 358 g/mol. The zero-order chi connectivity index (χ0) is 18.2. The number of aromatic nitrogens is 3. The van der Waals surface area contributed by atoms with Gasteiger partial charge in [0.2, 0.25) is 5.89 Å². The van der Waals surface area contributed by atoms with Crippen LogP contribution in [0.25, 0.3) is 33.9 Å². The molecule has 5 nitrogen and oxygen atoms in total. The summed E-state index contributed by atoms with van der Waals surface area (Å²) in [6.45, 7) is 3.20. The Hall–Kier alpha value is -2.92. The monoisotopic (exact) mass is 358 g/mol. The highest BCUT2D eigenvalue weighted by Gasteiger charge is 2.15. The fourth-order valence-electron chi connectivity index (χ4n) is 3.85. The van der Waals surface area contributed by atoms with E-state index in [0.29, 0.717) is 5.89 Å². The summed E-state index contributed by atoms with van der Waals surface area (Å²) in [7, 11) is 2.05. The van der Waals surface area contributed by atoms with Gasteiger partial charge >= 0.3 is 0 Å². The summed E-state index contributed by atoms with van der Waals surface area (Å²) in [6.07, 6.45) is 4.36. The molecule has 0 unspecified atom stereocenters. The van der Waals surface area contributed by atoms with E-state index in [2.05, 4.69) is 51.8 Å². The molecule has 0 N–H and O–H groups in total. The molecular weight excluding hydrogens is 336 g/mol. The molecule has 4 aromatic rings. The second-order valence-electron chi connectivity index (χ2n) is 7.19.